The molecular formula is C14H30N2O2. The third kappa shape index (κ3) is 9.28. The minimum Gasteiger partial charge on any atom is -0.444 e. The van der Waals surface area contributed by atoms with Crippen molar-refractivity contribution in [1.82, 2.24) is 10.6 Å². The molecule has 0 saturated heterocycles. The van der Waals surface area contributed by atoms with Crippen LogP contribution < -0.4 is 10.6 Å². The first kappa shape index (κ1) is 17.2. The molecule has 0 aromatic heterocycles. The number of amides is 1. The highest BCUT2D eigenvalue weighted by Gasteiger charge is 2.16. The lowest BCUT2D eigenvalue weighted by molar-refractivity contribution is 0.0523. The SMILES string of the molecule is CC(CNC(=O)OC(C)(C)C)NCC(C)C(C)C. The second-order valence-electron chi connectivity index (χ2n) is 6.41. The highest BCUT2D eigenvalue weighted by atomic mass is 16.6. The second-order valence-corrected chi connectivity index (χ2v) is 6.41. The normalized spacial score (nSPS) is 15.3. The Hall–Kier alpha value is -0.770. The van der Waals surface area contributed by atoms with Crippen LogP contribution in [0.1, 0.15) is 48.5 Å². The van der Waals surface area contributed by atoms with E-state index >= 15 is 0 Å². The van der Waals surface area contributed by atoms with E-state index in [4.69, 9.17) is 4.74 Å². The molecule has 1 amide bonds. The Morgan fingerprint density at radius 1 is 1.11 bits per heavy atom. The van der Waals surface area contributed by atoms with Crippen molar-refractivity contribution in [2.24, 2.45) is 11.8 Å². The summed E-state index contributed by atoms with van der Waals surface area (Å²) in [6.45, 7) is 15.9. The first-order valence-electron chi connectivity index (χ1n) is 6.82. The van der Waals surface area contributed by atoms with Gasteiger partial charge in [0.2, 0.25) is 0 Å². The lowest BCUT2D eigenvalue weighted by atomic mass is 9.98. The van der Waals surface area contributed by atoms with Gasteiger partial charge in [0.15, 0.2) is 0 Å². The average Bonchev–Trinajstić information content (AvgIpc) is 2.20. The first-order valence-corrected chi connectivity index (χ1v) is 6.82. The highest BCUT2D eigenvalue weighted by molar-refractivity contribution is 5.67. The molecule has 0 aliphatic heterocycles. The Kier molecular flexibility index (Phi) is 7.29. The van der Waals surface area contributed by atoms with Gasteiger partial charge in [-0.1, -0.05) is 20.8 Å². The smallest absolute Gasteiger partial charge is 0.407 e. The van der Waals surface area contributed by atoms with E-state index in [9.17, 15) is 4.79 Å². The van der Waals surface area contributed by atoms with E-state index < -0.39 is 5.60 Å². The van der Waals surface area contributed by atoms with Crippen LogP contribution in [0.25, 0.3) is 0 Å². The summed E-state index contributed by atoms with van der Waals surface area (Å²) < 4.78 is 5.17. The lowest BCUT2D eigenvalue weighted by Crippen LogP contribution is -2.42. The summed E-state index contributed by atoms with van der Waals surface area (Å²) in [5.74, 6) is 1.30. The molecule has 18 heavy (non-hydrogen) atoms. The Balaban J connectivity index is 3.77. The fourth-order valence-corrected chi connectivity index (χ4v) is 1.25. The van der Waals surface area contributed by atoms with Gasteiger partial charge in [-0.25, -0.2) is 4.79 Å². The molecule has 4 nitrogen and oxygen atoms in total. The lowest BCUT2D eigenvalue weighted by Gasteiger charge is -2.22. The van der Waals surface area contributed by atoms with Crippen LogP contribution in [0, 0.1) is 11.8 Å². The van der Waals surface area contributed by atoms with Gasteiger partial charge in [-0.15, -0.1) is 0 Å². The molecule has 2 unspecified atom stereocenters. The van der Waals surface area contributed by atoms with Crippen molar-refractivity contribution in [3.8, 4) is 0 Å². The van der Waals surface area contributed by atoms with Crippen molar-refractivity contribution >= 4 is 6.09 Å². The molecule has 0 aliphatic carbocycles. The summed E-state index contributed by atoms with van der Waals surface area (Å²) in [5, 5.41) is 6.18. The third-order valence-electron chi connectivity index (χ3n) is 2.88. The van der Waals surface area contributed by atoms with Crippen molar-refractivity contribution in [3.63, 3.8) is 0 Å². The Labute approximate surface area is 112 Å². The van der Waals surface area contributed by atoms with Crippen LogP contribution in [0.5, 0.6) is 0 Å². The van der Waals surface area contributed by atoms with Crippen LogP contribution >= 0.6 is 0 Å². The monoisotopic (exact) mass is 258 g/mol. The molecule has 0 fully saturated rings. The zero-order valence-corrected chi connectivity index (χ0v) is 13.0. The van der Waals surface area contributed by atoms with Crippen molar-refractivity contribution in [2.75, 3.05) is 13.1 Å². The number of carbonyl (C=O) groups excluding carboxylic acids is 1. The summed E-state index contributed by atoms with van der Waals surface area (Å²) in [4.78, 5) is 11.4. The molecular weight excluding hydrogens is 228 g/mol. The Morgan fingerprint density at radius 2 is 1.67 bits per heavy atom. The van der Waals surface area contributed by atoms with Gasteiger partial charge in [-0.2, -0.15) is 0 Å². The van der Waals surface area contributed by atoms with E-state index in [1.165, 1.54) is 0 Å². The molecule has 0 bridgehead atoms. The fraction of sp³-hybridized carbons (Fsp3) is 0.929. The van der Waals surface area contributed by atoms with Gasteiger partial charge in [-0.3, -0.25) is 0 Å². The summed E-state index contributed by atoms with van der Waals surface area (Å²) in [7, 11) is 0. The van der Waals surface area contributed by atoms with Crippen molar-refractivity contribution in [1.29, 1.82) is 0 Å². The molecule has 0 saturated carbocycles. The van der Waals surface area contributed by atoms with Gasteiger partial charge in [0, 0.05) is 12.6 Å². The summed E-state index contributed by atoms with van der Waals surface area (Å²) in [6, 6.07) is 0.249. The third-order valence-corrected chi connectivity index (χ3v) is 2.88. The summed E-state index contributed by atoms with van der Waals surface area (Å²) >= 11 is 0. The maximum atomic E-state index is 11.4. The van der Waals surface area contributed by atoms with Gasteiger partial charge in [0.05, 0.1) is 0 Å². The largest absolute Gasteiger partial charge is 0.444 e. The number of hydrogen-bond acceptors (Lipinski definition) is 3. The molecule has 2 N–H and O–H groups in total. The van der Waals surface area contributed by atoms with Crippen molar-refractivity contribution < 1.29 is 9.53 Å². The van der Waals surface area contributed by atoms with E-state index in [2.05, 4.69) is 38.3 Å². The van der Waals surface area contributed by atoms with Crippen LogP contribution in [0.2, 0.25) is 0 Å². The molecule has 0 aromatic rings. The van der Waals surface area contributed by atoms with Crippen LogP contribution in [0.4, 0.5) is 4.79 Å². The fourth-order valence-electron chi connectivity index (χ4n) is 1.25. The number of nitrogens with one attached hydrogen (secondary N) is 2. The van der Waals surface area contributed by atoms with E-state index in [0.717, 1.165) is 6.54 Å². The zero-order valence-electron chi connectivity index (χ0n) is 13.0. The minimum atomic E-state index is -0.438. The van der Waals surface area contributed by atoms with Crippen LogP contribution in [0.15, 0.2) is 0 Å². The minimum absolute atomic E-state index is 0.249. The van der Waals surface area contributed by atoms with Gasteiger partial charge >= 0.3 is 6.09 Å². The van der Waals surface area contributed by atoms with Gasteiger partial charge in [-0.05, 0) is 46.1 Å². The predicted octanol–water partition coefficient (Wildman–Crippen LogP) is 2.78. The summed E-state index contributed by atoms with van der Waals surface area (Å²) in [6.07, 6.45) is -0.354. The molecule has 0 heterocycles. The molecule has 4 heteroatoms. The van der Waals surface area contributed by atoms with Crippen molar-refractivity contribution in [3.05, 3.63) is 0 Å². The Morgan fingerprint density at radius 3 is 2.11 bits per heavy atom. The standard InChI is InChI=1S/C14H30N2O2/c1-10(2)11(3)8-15-12(4)9-16-13(17)18-14(5,6)7/h10-12,15H,8-9H2,1-7H3,(H,16,17). The highest BCUT2D eigenvalue weighted by Crippen LogP contribution is 2.08. The maximum absolute atomic E-state index is 11.4. The van der Waals surface area contributed by atoms with Crippen LogP contribution in [0.3, 0.4) is 0 Å². The molecule has 0 rings (SSSR count). The number of alkyl carbamates (subject to hydrolysis) is 1. The molecule has 2 atom stereocenters. The summed E-state index contributed by atoms with van der Waals surface area (Å²) in [5.41, 5.74) is -0.438. The number of rotatable bonds is 6. The average molecular weight is 258 g/mol. The number of ether oxygens (including phenoxy) is 1. The topological polar surface area (TPSA) is 50.4 Å². The molecule has 0 aliphatic rings. The maximum Gasteiger partial charge on any atom is 0.407 e. The van der Waals surface area contributed by atoms with E-state index in [0.29, 0.717) is 18.4 Å². The first-order chi connectivity index (χ1) is 8.11. The zero-order chi connectivity index (χ0) is 14.3. The molecule has 108 valence electrons. The van der Waals surface area contributed by atoms with Crippen molar-refractivity contribution in [2.45, 2.75) is 60.1 Å². The van der Waals surface area contributed by atoms with Crippen LogP contribution in [-0.2, 0) is 4.74 Å². The van der Waals surface area contributed by atoms with Gasteiger partial charge in [0.1, 0.15) is 5.60 Å². The van der Waals surface area contributed by atoms with E-state index in [1.807, 2.05) is 20.8 Å². The predicted molar refractivity (Wildman–Crippen MR) is 75.7 cm³/mol. The quantitative estimate of drug-likeness (QED) is 0.770. The Bertz CT molecular complexity index is 247. The second kappa shape index (κ2) is 7.62. The molecule has 0 radical (unpaired) electrons. The molecule has 0 aromatic carbocycles. The number of hydrogen-bond donors (Lipinski definition) is 2. The van der Waals surface area contributed by atoms with Gasteiger partial charge in [0.25, 0.3) is 0 Å². The van der Waals surface area contributed by atoms with Gasteiger partial charge < -0.3 is 15.4 Å². The van der Waals surface area contributed by atoms with E-state index in [1.54, 1.807) is 0 Å². The van der Waals surface area contributed by atoms with E-state index in [-0.39, 0.29) is 12.1 Å². The van der Waals surface area contributed by atoms with Crippen LogP contribution in [-0.4, -0.2) is 30.8 Å². The molecule has 0 spiro atoms. The number of carbonyl (C=O) groups is 1.